The summed E-state index contributed by atoms with van der Waals surface area (Å²) in [6.45, 7) is 2.22. The molecule has 1 aromatic carbocycles. The first-order valence-electron chi connectivity index (χ1n) is 7.34. The van der Waals surface area contributed by atoms with Crippen molar-refractivity contribution in [3.05, 3.63) is 65.9 Å². The highest BCUT2D eigenvalue weighted by atomic mass is 16.4. The van der Waals surface area contributed by atoms with Crippen LogP contribution in [0, 0.1) is 5.92 Å². The molecule has 3 aromatic rings. The quantitative estimate of drug-likeness (QED) is 0.787. The van der Waals surface area contributed by atoms with Crippen molar-refractivity contribution in [2.24, 2.45) is 5.92 Å². The van der Waals surface area contributed by atoms with Crippen LogP contribution in [0.25, 0.3) is 10.8 Å². The second-order valence-electron chi connectivity index (χ2n) is 5.91. The fraction of sp³-hybridized carbons (Fsp3) is 0.278. The number of aliphatic hydroxyl groups excluding tert-OH is 1. The highest BCUT2D eigenvalue weighted by Gasteiger charge is 2.37. The third-order valence-electron chi connectivity index (χ3n) is 4.39. The Hall–Kier alpha value is -2.13. The Morgan fingerprint density at radius 1 is 1.19 bits per heavy atom. The number of aliphatic hydroxyl groups is 1. The van der Waals surface area contributed by atoms with Crippen molar-refractivity contribution in [1.82, 2.24) is 4.98 Å². The van der Waals surface area contributed by atoms with E-state index < -0.39 is 6.10 Å². The Kier molecular flexibility index (Phi) is 2.82. The van der Waals surface area contributed by atoms with Gasteiger partial charge in [0.2, 0.25) is 0 Å². The van der Waals surface area contributed by atoms with Crippen molar-refractivity contribution in [3.8, 4) is 0 Å². The Morgan fingerprint density at radius 3 is 2.81 bits per heavy atom. The van der Waals surface area contributed by atoms with Crippen LogP contribution in [0.4, 0.5) is 0 Å². The molecule has 1 aliphatic carbocycles. The van der Waals surface area contributed by atoms with Crippen LogP contribution in [-0.2, 0) is 0 Å². The molecule has 1 N–H and O–H groups in total. The van der Waals surface area contributed by atoms with Gasteiger partial charge in [-0.3, -0.25) is 4.98 Å². The molecule has 3 heteroatoms. The molecule has 0 bridgehead atoms. The van der Waals surface area contributed by atoms with Crippen LogP contribution in [0.15, 0.2) is 53.2 Å². The van der Waals surface area contributed by atoms with E-state index in [-0.39, 0.29) is 0 Å². The molecule has 0 saturated heterocycles. The summed E-state index contributed by atoms with van der Waals surface area (Å²) in [6.07, 6.45) is 3.94. The first kappa shape index (κ1) is 12.6. The van der Waals surface area contributed by atoms with Crippen LogP contribution in [0.2, 0.25) is 0 Å². The molecule has 3 unspecified atom stereocenters. The van der Waals surface area contributed by atoms with E-state index in [1.54, 1.807) is 6.20 Å². The minimum Gasteiger partial charge on any atom is -0.463 e. The van der Waals surface area contributed by atoms with Crippen molar-refractivity contribution >= 4 is 10.8 Å². The second kappa shape index (κ2) is 4.71. The summed E-state index contributed by atoms with van der Waals surface area (Å²) in [7, 11) is 0. The van der Waals surface area contributed by atoms with Crippen molar-refractivity contribution in [3.63, 3.8) is 0 Å². The molecule has 106 valence electrons. The Balaban J connectivity index is 1.72. The lowest BCUT2D eigenvalue weighted by atomic mass is 10.0. The maximum absolute atomic E-state index is 10.6. The third-order valence-corrected chi connectivity index (χ3v) is 4.39. The predicted octanol–water partition coefficient (Wildman–Crippen LogP) is 4.03. The third kappa shape index (κ3) is 2.14. The topological polar surface area (TPSA) is 46.3 Å². The van der Waals surface area contributed by atoms with E-state index >= 15 is 0 Å². The average Bonchev–Trinajstić information content (AvgIpc) is 3.05. The van der Waals surface area contributed by atoms with E-state index in [1.165, 1.54) is 6.42 Å². The molecule has 3 atom stereocenters. The molecule has 0 radical (unpaired) electrons. The van der Waals surface area contributed by atoms with Gasteiger partial charge >= 0.3 is 0 Å². The minimum absolute atomic E-state index is 0.525. The van der Waals surface area contributed by atoms with E-state index in [2.05, 4.69) is 11.9 Å². The van der Waals surface area contributed by atoms with Gasteiger partial charge in [0.15, 0.2) is 0 Å². The van der Waals surface area contributed by atoms with Gasteiger partial charge in [-0.25, -0.2) is 0 Å². The smallest absolute Gasteiger partial charge is 0.139 e. The maximum atomic E-state index is 10.6. The molecule has 4 rings (SSSR count). The molecule has 1 fully saturated rings. The lowest BCUT2D eigenvalue weighted by Crippen LogP contribution is -2.00. The Labute approximate surface area is 123 Å². The number of hydrogen-bond acceptors (Lipinski definition) is 3. The van der Waals surface area contributed by atoms with Crippen LogP contribution in [-0.4, -0.2) is 10.1 Å². The van der Waals surface area contributed by atoms with Gasteiger partial charge in [-0.15, -0.1) is 0 Å². The van der Waals surface area contributed by atoms with Crippen molar-refractivity contribution in [1.29, 1.82) is 0 Å². The molecule has 3 nitrogen and oxygen atoms in total. The SMILES string of the molecule is CC1CC1c1ccc(C(O)c2cncc3ccccc23)o1. The van der Waals surface area contributed by atoms with Gasteiger partial charge in [0.1, 0.15) is 17.6 Å². The first-order chi connectivity index (χ1) is 10.2. The van der Waals surface area contributed by atoms with E-state index in [4.69, 9.17) is 4.42 Å². The molecule has 0 spiro atoms. The minimum atomic E-state index is -0.772. The van der Waals surface area contributed by atoms with Gasteiger partial charge in [0.25, 0.3) is 0 Å². The Morgan fingerprint density at radius 2 is 2.00 bits per heavy atom. The molecule has 1 aliphatic rings. The number of hydrogen-bond donors (Lipinski definition) is 1. The zero-order valence-electron chi connectivity index (χ0n) is 11.9. The lowest BCUT2D eigenvalue weighted by Gasteiger charge is -2.11. The van der Waals surface area contributed by atoms with Crippen LogP contribution in [0.3, 0.4) is 0 Å². The maximum Gasteiger partial charge on any atom is 0.139 e. The van der Waals surface area contributed by atoms with Crippen molar-refractivity contribution in [2.75, 3.05) is 0 Å². The number of benzene rings is 1. The standard InChI is InChI=1S/C18H17NO2/c1-11-8-14(11)16-6-7-17(21-16)18(20)15-10-19-9-12-4-2-3-5-13(12)15/h2-7,9-11,14,18,20H,8H2,1H3. The fourth-order valence-electron chi connectivity index (χ4n) is 2.94. The molecule has 1 saturated carbocycles. The van der Waals surface area contributed by atoms with Gasteiger partial charge in [-0.05, 0) is 29.9 Å². The van der Waals surface area contributed by atoms with Crippen LogP contribution in [0.1, 0.15) is 42.5 Å². The summed E-state index contributed by atoms with van der Waals surface area (Å²) in [5.74, 6) is 2.81. The molecule has 2 aromatic heterocycles. The molecule has 2 heterocycles. The molecular weight excluding hydrogens is 262 g/mol. The summed E-state index contributed by atoms with van der Waals surface area (Å²) in [5.41, 5.74) is 0.790. The number of rotatable bonds is 3. The zero-order chi connectivity index (χ0) is 14.4. The summed E-state index contributed by atoms with van der Waals surface area (Å²) in [6, 6.07) is 11.8. The van der Waals surface area contributed by atoms with E-state index in [0.717, 1.165) is 22.1 Å². The average molecular weight is 279 g/mol. The van der Waals surface area contributed by atoms with Gasteiger partial charge in [-0.1, -0.05) is 31.2 Å². The van der Waals surface area contributed by atoms with Crippen molar-refractivity contribution in [2.45, 2.75) is 25.4 Å². The Bertz CT molecular complexity index is 787. The number of nitrogens with zero attached hydrogens (tertiary/aromatic N) is 1. The summed E-state index contributed by atoms with van der Waals surface area (Å²) in [4.78, 5) is 4.22. The van der Waals surface area contributed by atoms with E-state index in [0.29, 0.717) is 17.6 Å². The summed E-state index contributed by atoms with van der Waals surface area (Å²) >= 11 is 0. The van der Waals surface area contributed by atoms with E-state index in [1.807, 2.05) is 42.6 Å². The summed E-state index contributed by atoms with van der Waals surface area (Å²) < 4.78 is 5.87. The lowest BCUT2D eigenvalue weighted by molar-refractivity contribution is 0.187. The molecular formula is C18H17NO2. The largest absolute Gasteiger partial charge is 0.463 e. The molecule has 0 amide bonds. The van der Waals surface area contributed by atoms with Crippen LogP contribution in [0.5, 0.6) is 0 Å². The summed E-state index contributed by atoms with van der Waals surface area (Å²) in [5, 5.41) is 12.7. The number of pyridine rings is 1. The van der Waals surface area contributed by atoms with Crippen molar-refractivity contribution < 1.29 is 9.52 Å². The number of fused-ring (bicyclic) bond motifs is 1. The highest BCUT2D eigenvalue weighted by Crippen LogP contribution is 2.47. The van der Waals surface area contributed by atoms with Crippen LogP contribution < -0.4 is 0 Å². The first-order valence-corrected chi connectivity index (χ1v) is 7.34. The van der Waals surface area contributed by atoms with Gasteiger partial charge in [0, 0.05) is 29.3 Å². The predicted molar refractivity (Wildman–Crippen MR) is 81.0 cm³/mol. The van der Waals surface area contributed by atoms with Gasteiger partial charge < -0.3 is 9.52 Å². The number of aromatic nitrogens is 1. The molecule has 21 heavy (non-hydrogen) atoms. The van der Waals surface area contributed by atoms with E-state index in [9.17, 15) is 5.11 Å². The second-order valence-corrected chi connectivity index (χ2v) is 5.91. The fourth-order valence-corrected chi connectivity index (χ4v) is 2.94. The molecule has 0 aliphatic heterocycles. The normalized spacial score (nSPS) is 22.4. The zero-order valence-corrected chi connectivity index (χ0v) is 11.9. The number of furan rings is 1. The van der Waals surface area contributed by atoms with Crippen LogP contribution >= 0.6 is 0 Å². The van der Waals surface area contributed by atoms with Gasteiger partial charge in [-0.2, -0.15) is 0 Å². The monoisotopic (exact) mass is 279 g/mol. The van der Waals surface area contributed by atoms with Gasteiger partial charge in [0.05, 0.1) is 0 Å². The highest BCUT2D eigenvalue weighted by molar-refractivity contribution is 5.85.